The number of carbonyl (C=O) groups is 2. The number of benzene rings is 2. The lowest BCUT2D eigenvalue weighted by Crippen LogP contribution is -2.54. The molecule has 2 aromatic rings. The minimum Gasteiger partial charge on any atom is -0.322 e. The van der Waals surface area contributed by atoms with E-state index in [0.717, 1.165) is 11.8 Å². The van der Waals surface area contributed by atoms with Crippen LogP contribution < -0.4 is 4.90 Å². The van der Waals surface area contributed by atoms with E-state index < -0.39 is 16.1 Å². The van der Waals surface area contributed by atoms with Crippen molar-refractivity contribution in [1.82, 2.24) is 19.0 Å². The second-order valence-electron chi connectivity index (χ2n) is 9.64. The second kappa shape index (κ2) is 11.3. The molecule has 4 amide bonds. The van der Waals surface area contributed by atoms with Crippen LogP contribution in [0.15, 0.2) is 42.5 Å². The minimum absolute atomic E-state index is 0.219. The SMILES string of the molecule is CN(C(=O)N(C)[C@@H]1CN(C(=O)N2CCN(S(C)(=O)=O)CC2)C[C@H]1c1ccc(F)cc1)c1cc(Cl)cc(Cl)c1. The van der Waals surface area contributed by atoms with E-state index in [1.165, 1.54) is 21.3 Å². The Hall–Kier alpha value is -2.60. The molecule has 13 heteroatoms. The van der Waals surface area contributed by atoms with Gasteiger partial charge in [-0.2, -0.15) is 4.31 Å². The molecule has 0 saturated carbocycles. The van der Waals surface area contributed by atoms with Crippen molar-refractivity contribution >= 4 is 51.0 Å². The van der Waals surface area contributed by atoms with Crippen molar-refractivity contribution in [2.75, 3.05) is 64.5 Å². The molecule has 0 spiro atoms. The van der Waals surface area contributed by atoms with Crippen LogP contribution in [0, 0.1) is 5.82 Å². The van der Waals surface area contributed by atoms with Gasteiger partial charge in [0.2, 0.25) is 10.0 Å². The second-order valence-corrected chi connectivity index (χ2v) is 12.5. The van der Waals surface area contributed by atoms with Crippen LogP contribution >= 0.6 is 23.2 Å². The van der Waals surface area contributed by atoms with Crippen molar-refractivity contribution in [3.63, 3.8) is 0 Å². The molecule has 0 bridgehead atoms. The number of amides is 4. The fourth-order valence-electron chi connectivity index (χ4n) is 5.01. The van der Waals surface area contributed by atoms with E-state index in [0.29, 0.717) is 22.3 Å². The molecule has 9 nitrogen and oxygen atoms in total. The Morgan fingerprint density at radius 1 is 0.921 bits per heavy atom. The van der Waals surface area contributed by atoms with E-state index in [4.69, 9.17) is 23.2 Å². The molecule has 2 heterocycles. The van der Waals surface area contributed by atoms with Gasteiger partial charge in [0.05, 0.1) is 12.3 Å². The van der Waals surface area contributed by atoms with Crippen LogP contribution in [0.1, 0.15) is 11.5 Å². The van der Waals surface area contributed by atoms with Crippen LogP contribution in [0.4, 0.5) is 19.7 Å². The molecule has 0 aromatic heterocycles. The summed E-state index contributed by atoms with van der Waals surface area (Å²) in [6.07, 6.45) is 1.16. The maximum Gasteiger partial charge on any atom is 0.324 e. The van der Waals surface area contributed by atoms with Crippen molar-refractivity contribution in [3.05, 3.63) is 63.9 Å². The highest BCUT2D eigenvalue weighted by molar-refractivity contribution is 7.88. The maximum atomic E-state index is 13.7. The van der Waals surface area contributed by atoms with Crippen molar-refractivity contribution in [3.8, 4) is 0 Å². The first kappa shape index (κ1) is 28.4. The Bertz CT molecular complexity index is 1290. The normalized spacial score (nSPS) is 20.5. The van der Waals surface area contributed by atoms with Gasteiger partial charge in [0.15, 0.2) is 0 Å². The van der Waals surface area contributed by atoms with Gasteiger partial charge in [-0.15, -0.1) is 0 Å². The Kier molecular flexibility index (Phi) is 8.41. The lowest BCUT2D eigenvalue weighted by atomic mass is 9.93. The summed E-state index contributed by atoms with van der Waals surface area (Å²) in [4.78, 5) is 33.3. The molecule has 0 radical (unpaired) electrons. The number of piperazine rings is 1. The molecule has 0 aliphatic carbocycles. The zero-order chi connectivity index (χ0) is 27.8. The number of likely N-dealkylation sites (N-methyl/N-ethyl adjacent to an activating group) is 1. The topological polar surface area (TPSA) is 84.5 Å². The minimum atomic E-state index is -3.32. The van der Waals surface area contributed by atoms with Crippen molar-refractivity contribution < 1.29 is 22.4 Å². The van der Waals surface area contributed by atoms with E-state index in [-0.39, 0.29) is 56.5 Å². The predicted molar refractivity (Wildman–Crippen MR) is 146 cm³/mol. The third-order valence-electron chi connectivity index (χ3n) is 7.16. The van der Waals surface area contributed by atoms with Crippen LogP contribution in [-0.4, -0.2) is 105 Å². The van der Waals surface area contributed by atoms with Crippen molar-refractivity contribution in [2.24, 2.45) is 0 Å². The maximum absolute atomic E-state index is 13.7. The van der Waals surface area contributed by atoms with Crippen LogP contribution in [0.25, 0.3) is 0 Å². The summed E-state index contributed by atoms with van der Waals surface area (Å²) >= 11 is 12.3. The van der Waals surface area contributed by atoms with Gasteiger partial charge in [0, 0.05) is 75.0 Å². The number of urea groups is 2. The Balaban J connectivity index is 1.55. The van der Waals surface area contributed by atoms with Gasteiger partial charge >= 0.3 is 12.1 Å². The van der Waals surface area contributed by atoms with E-state index >= 15 is 0 Å². The first-order chi connectivity index (χ1) is 17.8. The Morgan fingerprint density at radius 2 is 1.50 bits per heavy atom. The first-order valence-corrected chi connectivity index (χ1v) is 14.7. The number of rotatable bonds is 4. The van der Waals surface area contributed by atoms with Crippen molar-refractivity contribution in [2.45, 2.75) is 12.0 Å². The van der Waals surface area contributed by atoms with E-state index in [2.05, 4.69) is 0 Å². The number of hydrogen-bond donors (Lipinski definition) is 0. The molecule has 2 aliphatic rings. The average molecular weight is 587 g/mol. The number of halogens is 3. The molecule has 2 aliphatic heterocycles. The molecule has 2 aromatic carbocycles. The van der Waals surface area contributed by atoms with Gasteiger partial charge in [0.25, 0.3) is 0 Å². The average Bonchev–Trinajstić information content (AvgIpc) is 3.32. The summed E-state index contributed by atoms with van der Waals surface area (Å²) < 4.78 is 38.7. The standard InChI is InChI=1S/C25H30Cl2FN5O4S/c1-29(21-13-18(26)12-19(27)14-21)24(34)30(2)23-16-32(15-22(23)17-4-6-20(28)7-5-17)25(35)31-8-10-33(11-9-31)38(3,36)37/h4-7,12-14,22-23H,8-11,15-16H2,1-3H3/t22-,23+/m0/s1. The van der Waals surface area contributed by atoms with Gasteiger partial charge in [-0.25, -0.2) is 22.4 Å². The molecule has 0 unspecified atom stereocenters. The highest BCUT2D eigenvalue weighted by Crippen LogP contribution is 2.33. The number of likely N-dealkylation sites (tertiary alicyclic amines) is 1. The number of hydrogen-bond acceptors (Lipinski definition) is 4. The molecule has 2 fully saturated rings. The molecule has 206 valence electrons. The third kappa shape index (κ3) is 6.17. The molecule has 2 atom stereocenters. The van der Waals surface area contributed by atoms with E-state index in [1.54, 1.807) is 59.1 Å². The van der Waals surface area contributed by atoms with Crippen LogP contribution in [-0.2, 0) is 10.0 Å². The lowest BCUT2D eigenvalue weighted by Gasteiger charge is -2.35. The summed E-state index contributed by atoms with van der Waals surface area (Å²) in [6.45, 7) is 1.61. The monoisotopic (exact) mass is 585 g/mol. The Labute approximate surface area is 232 Å². The van der Waals surface area contributed by atoms with E-state index in [1.807, 2.05) is 0 Å². The fraction of sp³-hybridized carbons (Fsp3) is 0.440. The van der Waals surface area contributed by atoms with Gasteiger partial charge in [-0.1, -0.05) is 35.3 Å². The quantitative estimate of drug-likeness (QED) is 0.546. The Morgan fingerprint density at radius 3 is 2.05 bits per heavy atom. The third-order valence-corrected chi connectivity index (χ3v) is 8.90. The number of anilines is 1. The van der Waals surface area contributed by atoms with Crippen LogP contribution in [0.2, 0.25) is 10.0 Å². The van der Waals surface area contributed by atoms with Gasteiger partial charge in [-0.3, -0.25) is 4.90 Å². The van der Waals surface area contributed by atoms with Gasteiger partial charge < -0.3 is 14.7 Å². The zero-order valence-corrected chi connectivity index (χ0v) is 23.7. The zero-order valence-electron chi connectivity index (χ0n) is 21.3. The summed E-state index contributed by atoms with van der Waals surface area (Å²) in [6, 6.07) is 9.98. The molecule has 0 N–H and O–H groups in total. The number of sulfonamides is 1. The smallest absolute Gasteiger partial charge is 0.322 e. The number of nitrogens with zero attached hydrogens (tertiary/aromatic N) is 5. The van der Waals surface area contributed by atoms with Crippen LogP contribution in [0.3, 0.4) is 0 Å². The van der Waals surface area contributed by atoms with E-state index in [9.17, 15) is 22.4 Å². The molecular formula is C25H30Cl2FN5O4S. The van der Waals surface area contributed by atoms with Gasteiger partial charge in [-0.05, 0) is 35.9 Å². The lowest BCUT2D eigenvalue weighted by molar-refractivity contribution is 0.139. The first-order valence-electron chi connectivity index (χ1n) is 12.1. The fourth-order valence-corrected chi connectivity index (χ4v) is 6.35. The predicted octanol–water partition coefficient (Wildman–Crippen LogP) is 3.79. The molecule has 2 saturated heterocycles. The largest absolute Gasteiger partial charge is 0.324 e. The summed E-state index contributed by atoms with van der Waals surface area (Å²) in [5.41, 5.74) is 1.33. The van der Waals surface area contributed by atoms with Crippen LogP contribution in [0.5, 0.6) is 0 Å². The molecular weight excluding hydrogens is 556 g/mol. The molecule has 38 heavy (non-hydrogen) atoms. The summed E-state index contributed by atoms with van der Waals surface area (Å²) in [5, 5.41) is 0.792. The summed E-state index contributed by atoms with van der Waals surface area (Å²) in [5.74, 6) is -0.635. The summed E-state index contributed by atoms with van der Waals surface area (Å²) in [7, 11) is -0.0331. The highest BCUT2D eigenvalue weighted by Gasteiger charge is 2.42. The number of carbonyl (C=O) groups excluding carboxylic acids is 2. The highest BCUT2D eigenvalue weighted by atomic mass is 35.5. The van der Waals surface area contributed by atoms with Crippen molar-refractivity contribution in [1.29, 1.82) is 0 Å². The van der Waals surface area contributed by atoms with Gasteiger partial charge in [0.1, 0.15) is 5.82 Å². The molecule has 4 rings (SSSR count).